The predicted molar refractivity (Wildman–Crippen MR) is 71.2 cm³/mol. The van der Waals surface area contributed by atoms with E-state index < -0.39 is 5.82 Å². The van der Waals surface area contributed by atoms with Gasteiger partial charge in [0.05, 0.1) is 5.56 Å². The van der Waals surface area contributed by atoms with Crippen molar-refractivity contribution in [1.82, 2.24) is 0 Å². The Hall–Kier alpha value is -1.93. The van der Waals surface area contributed by atoms with Crippen LogP contribution < -0.4 is 0 Å². The molecule has 2 rings (SSSR count). The molecule has 1 nitrogen and oxygen atoms in total. The van der Waals surface area contributed by atoms with Crippen LogP contribution in [0.25, 0.3) is 6.08 Å². The van der Waals surface area contributed by atoms with Crippen LogP contribution in [0.3, 0.4) is 0 Å². The molecule has 0 saturated heterocycles. The molecule has 0 aromatic heterocycles. The van der Waals surface area contributed by atoms with E-state index in [0.29, 0.717) is 5.02 Å². The van der Waals surface area contributed by atoms with Crippen LogP contribution in [-0.2, 0) is 0 Å². The molecule has 0 unspecified atom stereocenters. The van der Waals surface area contributed by atoms with Crippen molar-refractivity contribution in [3.8, 4) is 0 Å². The van der Waals surface area contributed by atoms with E-state index in [1.165, 1.54) is 18.2 Å². The fourth-order valence-corrected chi connectivity index (χ4v) is 1.73. The van der Waals surface area contributed by atoms with Crippen LogP contribution >= 0.6 is 11.6 Å². The van der Waals surface area contributed by atoms with Crippen molar-refractivity contribution in [2.24, 2.45) is 0 Å². The summed E-state index contributed by atoms with van der Waals surface area (Å²) in [4.78, 5) is 11.8. The molecule has 0 spiro atoms. The third kappa shape index (κ3) is 2.84. The molecule has 0 atom stereocenters. The van der Waals surface area contributed by atoms with Gasteiger partial charge in [-0.25, -0.2) is 4.39 Å². The lowest BCUT2D eigenvalue weighted by molar-refractivity contribution is 0.104. The lowest BCUT2D eigenvalue weighted by atomic mass is 10.1. The SMILES string of the molecule is O=C(/C=C/c1ccccc1Cl)c1ccccc1F. The van der Waals surface area contributed by atoms with Gasteiger partial charge in [-0.15, -0.1) is 0 Å². The summed E-state index contributed by atoms with van der Waals surface area (Å²) in [7, 11) is 0. The first-order chi connectivity index (χ1) is 8.68. The number of benzene rings is 2. The summed E-state index contributed by atoms with van der Waals surface area (Å²) in [5.41, 5.74) is 0.782. The van der Waals surface area contributed by atoms with Gasteiger partial charge >= 0.3 is 0 Å². The molecule has 0 aliphatic rings. The van der Waals surface area contributed by atoms with Crippen LogP contribution in [-0.4, -0.2) is 5.78 Å². The van der Waals surface area contributed by atoms with Gasteiger partial charge in [-0.3, -0.25) is 4.79 Å². The molecule has 18 heavy (non-hydrogen) atoms. The van der Waals surface area contributed by atoms with Gasteiger partial charge in [0.2, 0.25) is 0 Å². The van der Waals surface area contributed by atoms with Crippen LogP contribution in [0.1, 0.15) is 15.9 Å². The summed E-state index contributed by atoms with van der Waals surface area (Å²) in [6.45, 7) is 0. The van der Waals surface area contributed by atoms with Gasteiger partial charge in [-0.2, -0.15) is 0 Å². The lowest BCUT2D eigenvalue weighted by Gasteiger charge is -1.98. The van der Waals surface area contributed by atoms with Gasteiger partial charge in [-0.05, 0) is 35.9 Å². The summed E-state index contributed by atoms with van der Waals surface area (Å²) in [5.74, 6) is -0.903. The number of ketones is 1. The highest BCUT2D eigenvalue weighted by atomic mass is 35.5. The highest BCUT2D eigenvalue weighted by molar-refractivity contribution is 6.32. The summed E-state index contributed by atoms with van der Waals surface area (Å²) in [6.07, 6.45) is 2.90. The molecule has 2 aromatic carbocycles. The molecule has 0 radical (unpaired) electrons. The fourth-order valence-electron chi connectivity index (χ4n) is 1.53. The van der Waals surface area contributed by atoms with Gasteiger partial charge in [-0.1, -0.05) is 41.9 Å². The van der Waals surface area contributed by atoms with E-state index in [1.807, 2.05) is 6.07 Å². The molecule has 2 aromatic rings. The summed E-state index contributed by atoms with van der Waals surface area (Å²) in [5, 5.41) is 0.551. The minimum atomic E-state index is -0.522. The van der Waals surface area contributed by atoms with E-state index in [0.717, 1.165) is 5.56 Å². The second-order valence-corrected chi connectivity index (χ2v) is 4.11. The third-order valence-electron chi connectivity index (χ3n) is 2.46. The van der Waals surface area contributed by atoms with Gasteiger partial charge in [0.15, 0.2) is 5.78 Å². The van der Waals surface area contributed by atoms with Crippen molar-refractivity contribution in [3.63, 3.8) is 0 Å². The first-order valence-corrected chi connectivity index (χ1v) is 5.78. The topological polar surface area (TPSA) is 17.1 Å². The van der Waals surface area contributed by atoms with Crippen LogP contribution in [0.2, 0.25) is 5.02 Å². The quantitative estimate of drug-likeness (QED) is 0.591. The Morgan fingerprint density at radius 1 is 1.06 bits per heavy atom. The molecule has 0 aliphatic carbocycles. The van der Waals surface area contributed by atoms with Crippen molar-refractivity contribution in [1.29, 1.82) is 0 Å². The predicted octanol–water partition coefficient (Wildman–Crippen LogP) is 4.38. The largest absolute Gasteiger partial charge is 0.289 e. The molecule has 0 saturated carbocycles. The maximum Gasteiger partial charge on any atom is 0.188 e. The zero-order chi connectivity index (χ0) is 13.0. The van der Waals surface area contributed by atoms with Gasteiger partial charge in [0.1, 0.15) is 5.82 Å². The van der Waals surface area contributed by atoms with Crippen LogP contribution in [0.5, 0.6) is 0 Å². The van der Waals surface area contributed by atoms with E-state index >= 15 is 0 Å². The first-order valence-electron chi connectivity index (χ1n) is 5.40. The number of hydrogen-bond donors (Lipinski definition) is 0. The number of allylic oxidation sites excluding steroid dienone is 1. The number of carbonyl (C=O) groups is 1. The Morgan fingerprint density at radius 3 is 2.44 bits per heavy atom. The van der Waals surface area contributed by atoms with E-state index in [1.54, 1.807) is 36.4 Å². The van der Waals surface area contributed by atoms with Crippen LogP contribution in [0.4, 0.5) is 4.39 Å². The molecule has 90 valence electrons. The zero-order valence-corrected chi connectivity index (χ0v) is 10.2. The van der Waals surface area contributed by atoms with Crippen molar-refractivity contribution in [2.45, 2.75) is 0 Å². The molecule has 0 heterocycles. The second kappa shape index (κ2) is 5.61. The van der Waals surface area contributed by atoms with E-state index in [9.17, 15) is 9.18 Å². The number of hydrogen-bond acceptors (Lipinski definition) is 1. The van der Waals surface area contributed by atoms with E-state index in [2.05, 4.69) is 0 Å². The normalized spacial score (nSPS) is 10.8. The van der Waals surface area contributed by atoms with Crippen molar-refractivity contribution >= 4 is 23.5 Å². The highest BCUT2D eigenvalue weighted by Crippen LogP contribution is 2.17. The fraction of sp³-hybridized carbons (Fsp3) is 0. The molecule has 3 heteroatoms. The summed E-state index contributed by atoms with van der Waals surface area (Å²) in [6, 6.07) is 13.0. The van der Waals surface area contributed by atoms with Crippen LogP contribution in [0, 0.1) is 5.82 Å². The zero-order valence-electron chi connectivity index (χ0n) is 9.44. The smallest absolute Gasteiger partial charge is 0.188 e. The third-order valence-corrected chi connectivity index (χ3v) is 2.80. The Balaban J connectivity index is 2.23. The van der Waals surface area contributed by atoms with Crippen molar-refractivity contribution in [3.05, 3.63) is 76.6 Å². The maximum atomic E-state index is 13.4. The van der Waals surface area contributed by atoms with Crippen molar-refractivity contribution < 1.29 is 9.18 Å². The average Bonchev–Trinajstić information content (AvgIpc) is 2.38. The Labute approximate surface area is 110 Å². The maximum absolute atomic E-state index is 13.4. The summed E-state index contributed by atoms with van der Waals surface area (Å²) >= 11 is 5.95. The lowest BCUT2D eigenvalue weighted by Crippen LogP contribution is -1.97. The minimum absolute atomic E-state index is 0.0563. The number of carbonyl (C=O) groups excluding carboxylic acids is 1. The Kier molecular flexibility index (Phi) is 3.90. The molecule has 0 N–H and O–H groups in total. The van der Waals surface area contributed by atoms with Gasteiger partial charge in [0.25, 0.3) is 0 Å². The number of rotatable bonds is 3. The molecular formula is C15H10ClFO. The average molecular weight is 261 g/mol. The Bertz CT molecular complexity index is 605. The Morgan fingerprint density at radius 2 is 1.72 bits per heavy atom. The molecule has 0 fully saturated rings. The molecule has 0 amide bonds. The van der Waals surface area contributed by atoms with E-state index in [4.69, 9.17) is 11.6 Å². The molecular weight excluding hydrogens is 251 g/mol. The van der Waals surface area contributed by atoms with Crippen molar-refractivity contribution in [2.75, 3.05) is 0 Å². The van der Waals surface area contributed by atoms with Gasteiger partial charge in [0, 0.05) is 5.02 Å². The molecule has 0 bridgehead atoms. The highest BCUT2D eigenvalue weighted by Gasteiger charge is 2.07. The number of halogens is 2. The van der Waals surface area contributed by atoms with E-state index in [-0.39, 0.29) is 11.3 Å². The molecule has 0 aliphatic heterocycles. The summed E-state index contributed by atoms with van der Waals surface area (Å²) < 4.78 is 13.4. The van der Waals surface area contributed by atoms with Crippen LogP contribution in [0.15, 0.2) is 54.6 Å². The first kappa shape index (κ1) is 12.5. The standard InChI is InChI=1S/C15H10ClFO/c16-13-7-3-1-5-11(13)9-10-15(18)12-6-2-4-8-14(12)17/h1-10H/b10-9+. The second-order valence-electron chi connectivity index (χ2n) is 3.70. The van der Waals surface area contributed by atoms with Gasteiger partial charge < -0.3 is 0 Å². The minimum Gasteiger partial charge on any atom is -0.289 e. The monoisotopic (exact) mass is 260 g/mol.